The van der Waals surface area contributed by atoms with Crippen LogP contribution in [0.25, 0.3) is 16.8 Å². The van der Waals surface area contributed by atoms with Gasteiger partial charge in [0.25, 0.3) is 0 Å². The third-order valence-corrected chi connectivity index (χ3v) is 4.70. The van der Waals surface area contributed by atoms with Crippen LogP contribution in [-0.4, -0.2) is 21.7 Å². The number of hydrogen-bond donors (Lipinski definition) is 0. The lowest BCUT2D eigenvalue weighted by Crippen LogP contribution is -2.00. The Morgan fingerprint density at radius 1 is 1.23 bits per heavy atom. The van der Waals surface area contributed by atoms with Crippen LogP contribution in [0.2, 0.25) is 0 Å². The summed E-state index contributed by atoms with van der Waals surface area (Å²) in [5.74, 6) is 0. The molecule has 0 saturated carbocycles. The molecule has 0 fully saturated rings. The summed E-state index contributed by atoms with van der Waals surface area (Å²) in [4.78, 5) is 4.69. The second kappa shape index (κ2) is 5.48. The summed E-state index contributed by atoms with van der Waals surface area (Å²) < 4.78 is 8.44. The van der Waals surface area contributed by atoms with Gasteiger partial charge in [0, 0.05) is 23.5 Å². The zero-order valence-corrected chi connectivity index (χ0v) is 13.9. The number of benzene rings is 1. The van der Waals surface area contributed by atoms with E-state index in [2.05, 4.69) is 33.0 Å². The van der Waals surface area contributed by atoms with Crippen molar-refractivity contribution in [3.63, 3.8) is 0 Å². The van der Waals surface area contributed by atoms with E-state index in [1.54, 1.807) is 7.11 Å². The molecule has 22 heavy (non-hydrogen) atoms. The summed E-state index contributed by atoms with van der Waals surface area (Å²) in [5, 5.41) is 4.79. The molecule has 0 amide bonds. The summed E-state index contributed by atoms with van der Waals surface area (Å²) in [6, 6.07) is 8.27. The van der Waals surface area contributed by atoms with Gasteiger partial charge >= 0.3 is 0 Å². The first kappa shape index (κ1) is 13.9. The topological polar surface area (TPSA) is 39.4 Å². The van der Waals surface area contributed by atoms with Crippen LogP contribution in [0.4, 0.5) is 0 Å². The van der Waals surface area contributed by atoms with Crippen molar-refractivity contribution in [2.24, 2.45) is 0 Å². The molecule has 112 valence electrons. The fraction of sp³-hybridized carbons (Fsp3) is 0.294. The standard InChI is InChI=1S/C17H16BrN3O/c1-22-10-14-16(11-5-7-13(18)8-6-11)17-19-9-12-3-2-4-15(12)21(17)20-14/h5-9H,2-4,10H2,1H3. The molecule has 0 unspecified atom stereocenters. The number of aryl methyl sites for hydroxylation is 2. The van der Waals surface area contributed by atoms with Crippen molar-refractivity contribution in [2.45, 2.75) is 25.9 Å². The Kier molecular flexibility index (Phi) is 3.47. The highest BCUT2D eigenvalue weighted by Crippen LogP contribution is 2.32. The smallest absolute Gasteiger partial charge is 0.163 e. The number of ether oxygens (including phenoxy) is 1. The van der Waals surface area contributed by atoms with E-state index < -0.39 is 0 Å². The molecule has 2 aromatic heterocycles. The van der Waals surface area contributed by atoms with Gasteiger partial charge in [-0.1, -0.05) is 28.1 Å². The van der Waals surface area contributed by atoms with Crippen LogP contribution < -0.4 is 0 Å². The highest BCUT2D eigenvalue weighted by molar-refractivity contribution is 9.10. The van der Waals surface area contributed by atoms with Gasteiger partial charge in [0.2, 0.25) is 0 Å². The first-order valence-corrected chi connectivity index (χ1v) is 8.20. The van der Waals surface area contributed by atoms with Crippen LogP contribution >= 0.6 is 15.9 Å². The Morgan fingerprint density at radius 2 is 2.05 bits per heavy atom. The maximum atomic E-state index is 5.35. The molecule has 1 aliphatic carbocycles. The van der Waals surface area contributed by atoms with Crippen molar-refractivity contribution < 1.29 is 4.74 Å². The molecule has 5 heteroatoms. The SMILES string of the molecule is COCc1nn2c3c(cnc2c1-c1ccc(Br)cc1)CCC3. The quantitative estimate of drug-likeness (QED) is 0.715. The molecule has 0 radical (unpaired) electrons. The lowest BCUT2D eigenvalue weighted by Gasteiger charge is -2.04. The number of fused-ring (bicyclic) bond motifs is 3. The lowest BCUT2D eigenvalue weighted by molar-refractivity contribution is 0.181. The molecule has 0 N–H and O–H groups in total. The Labute approximate surface area is 137 Å². The van der Waals surface area contributed by atoms with Gasteiger partial charge in [0.1, 0.15) is 0 Å². The number of aromatic nitrogens is 3. The number of hydrogen-bond acceptors (Lipinski definition) is 3. The van der Waals surface area contributed by atoms with E-state index in [0.717, 1.165) is 39.8 Å². The number of rotatable bonds is 3. The third-order valence-electron chi connectivity index (χ3n) is 4.18. The largest absolute Gasteiger partial charge is 0.378 e. The fourth-order valence-electron chi connectivity index (χ4n) is 3.18. The van der Waals surface area contributed by atoms with Crippen LogP contribution in [0, 0.1) is 0 Å². The molecular formula is C17H16BrN3O. The van der Waals surface area contributed by atoms with Crippen molar-refractivity contribution in [3.05, 3.63) is 51.9 Å². The Bertz CT molecular complexity index is 839. The summed E-state index contributed by atoms with van der Waals surface area (Å²) >= 11 is 3.49. The fourth-order valence-corrected chi connectivity index (χ4v) is 3.45. The monoisotopic (exact) mass is 357 g/mol. The van der Waals surface area contributed by atoms with E-state index >= 15 is 0 Å². The number of halogens is 1. The van der Waals surface area contributed by atoms with Gasteiger partial charge in [0.05, 0.1) is 17.9 Å². The average molecular weight is 358 g/mol. The highest BCUT2D eigenvalue weighted by Gasteiger charge is 2.21. The summed E-state index contributed by atoms with van der Waals surface area (Å²) in [5.41, 5.74) is 6.68. The van der Waals surface area contributed by atoms with Gasteiger partial charge in [-0.3, -0.25) is 0 Å². The number of methoxy groups -OCH3 is 1. The minimum atomic E-state index is 0.490. The third kappa shape index (κ3) is 2.16. The van der Waals surface area contributed by atoms with E-state index in [1.807, 2.05) is 22.8 Å². The zero-order valence-electron chi connectivity index (χ0n) is 12.3. The van der Waals surface area contributed by atoms with E-state index in [4.69, 9.17) is 9.84 Å². The predicted octanol–water partition coefficient (Wildman–Crippen LogP) is 3.79. The molecule has 0 bridgehead atoms. The average Bonchev–Trinajstić information content (AvgIpc) is 3.12. The molecular weight excluding hydrogens is 342 g/mol. The molecule has 3 aromatic rings. The maximum absolute atomic E-state index is 5.35. The molecule has 4 nitrogen and oxygen atoms in total. The van der Waals surface area contributed by atoms with Crippen molar-refractivity contribution >= 4 is 21.6 Å². The van der Waals surface area contributed by atoms with E-state index in [-0.39, 0.29) is 0 Å². The second-order valence-electron chi connectivity index (χ2n) is 5.58. The van der Waals surface area contributed by atoms with Gasteiger partial charge in [-0.05, 0) is 42.5 Å². The molecule has 2 heterocycles. The maximum Gasteiger partial charge on any atom is 0.163 e. The van der Waals surface area contributed by atoms with Crippen LogP contribution in [0.15, 0.2) is 34.9 Å². The summed E-state index contributed by atoms with van der Waals surface area (Å²) in [7, 11) is 1.70. The first-order valence-electron chi connectivity index (χ1n) is 7.41. The summed E-state index contributed by atoms with van der Waals surface area (Å²) in [6.07, 6.45) is 5.37. The Hall–Kier alpha value is -1.72. The predicted molar refractivity (Wildman–Crippen MR) is 88.9 cm³/mol. The molecule has 0 atom stereocenters. The minimum absolute atomic E-state index is 0.490. The molecule has 0 spiro atoms. The zero-order chi connectivity index (χ0) is 15.1. The number of nitrogens with zero attached hydrogens (tertiary/aromatic N) is 3. The van der Waals surface area contributed by atoms with E-state index in [9.17, 15) is 0 Å². The minimum Gasteiger partial charge on any atom is -0.378 e. The lowest BCUT2D eigenvalue weighted by atomic mass is 10.1. The van der Waals surface area contributed by atoms with Crippen LogP contribution in [0.1, 0.15) is 23.4 Å². The van der Waals surface area contributed by atoms with E-state index in [0.29, 0.717) is 6.61 Å². The van der Waals surface area contributed by atoms with Crippen LogP contribution in [0.3, 0.4) is 0 Å². The van der Waals surface area contributed by atoms with Gasteiger partial charge < -0.3 is 4.74 Å². The normalized spacial score (nSPS) is 13.7. The molecule has 1 aromatic carbocycles. The molecule has 4 rings (SSSR count). The van der Waals surface area contributed by atoms with Crippen molar-refractivity contribution in [1.29, 1.82) is 0 Å². The Morgan fingerprint density at radius 3 is 2.82 bits per heavy atom. The van der Waals surface area contributed by atoms with Gasteiger partial charge in [-0.25, -0.2) is 9.50 Å². The highest BCUT2D eigenvalue weighted by atomic mass is 79.9. The summed E-state index contributed by atoms with van der Waals surface area (Å²) in [6.45, 7) is 0.490. The van der Waals surface area contributed by atoms with Crippen LogP contribution in [0.5, 0.6) is 0 Å². The van der Waals surface area contributed by atoms with Crippen molar-refractivity contribution in [1.82, 2.24) is 14.6 Å². The molecule has 0 saturated heterocycles. The second-order valence-corrected chi connectivity index (χ2v) is 6.50. The van der Waals surface area contributed by atoms with Gasteiger partial charge in [-0.15, -0.1) is 0 Å². The van der Waals surface area contributed by atoms with Crippen LogP contribution in [-0.2, 0) is 24.2 Å². The Balaban J connectivity index is 1.99. The first-order chi connectivity index (χ1) is 10.8. The molecule has 0 aliphatic heterocycles. The van der Waals surface area contributed by atoms with Gasteiger partial charge in [-0.2, -0.15) is 5.10 Å². The molecule has 1 aliphatic rings. The van der Waals surface area contributed by atoms with E-state index in [1.165, 1.54) is 17.7 Å². The van der Waals surface area contributed by atoms with Crippen molar-refractivity contribution in [3.8, 4) is 11.1 Å². The van der Waals surface area contributed by atoms with Crippen molar-refractivity contribution in [2.75, 3.05) is 7.11 Å². The van der Waals surface area contributed by atoms with Gasteiger partial charge in [0.15, 0.2) is 5.65 Å².